The lowest BCUT2D eigenvalue weighted by molar-refractivity contribution is -0.136. The Bertz CT molecular complexity index is 738. The first-order valence-electron chi connectivity index (χ1n) is 10.2. The second-order valence-electron chi connectivity index (χ2n) is 7.65. The zero-order valence-corrected chi connectivity index (χ0v) is 17.1. The predicted octanol–water partition coefficient (Wildman–Crippen LogP) is 3.60. The van der Waals surface area contributed by atoms with Gasteiger partial charge in [0.1, 0.15) is 0 Å². The summed E-state index contributed by atoms with van der Waals surface area (Å²) in [7, 11) is 0. The molecule has 6 nitrogen and oxygen atoms in total. The number of rotatable bonds is 5. The Labute approximate surface area is 171 Å². The number of likely N-dealkylation sites (tertiary alicyclic amines) is 1. The van der Waals surface area contributed by atoms with Crippen molar-refractivity contribution in [2.24, 2.45) is 5.92 Å². The summed E-state index contributed by atoms with van der Waals surface area (Å²) in [6.07, 6.45) is 6.14. The van der Waals surface area contributed by atoms with Crippen molar-refractivity contribution in [2.75, 3.05) is 18.4 Å². The zero-order valence-electron chi connectivity index (χ0n) is 16.3. The molecular weight excluding hydrogens is 378 g/mol. The Morgan fingerprint density at radius 1 is 1.11 bits per heavy atom. The van der Waals surface area contributed by atoms with Crippen LogP contribution in [-0.4, -0.2) is 41.8 Å². The molecule has 0 atom stereocenters. The molecule has 1 saturated carbocycles. The minimum absolute atomic E-state index is 0.0190. The van der Waals surface area contributed by atoms with Gasteiger partial charge in [-0.25, -0.2) is 0 Å². The smallest absolute Gasteiger partial charge is 0.253 e. The molecule has 1 aliphatic carbocycles. The van der Waals surface area contributed by atoms with Crippen LogP contribution in [-0.2, 0) is 9.59 Å². The van der Waals surface area contributed by atoms with Gasteiger partial charge in [-0.15, -0.1) is 0 Å². The summed E-state index contributed by atoms with van der Waals surface area (Å²) >= 11 is 6.02. The third kappa shape index (κ3) is 5.04. The van der Waals surface area contributed by atoms with Gasteiger partial charge in [0.05, 0.1) is 11.3 Å². The van der Waals surface area contributed by atoms with E-state index >= 15 is 0 Å². The van der Waals surface area contributed by atoms with Crippen LogP contribution in [0.25, 0.3) is 0 Å². The van der Waals surface area contributed by atoms with E-state index in [0.717, 1.165) is 38.5 Å². The molecule has 3 rings (SSSR count). The summed E-state index contributed by atoms with van der Waals surface area (Å²) in [5.41, 5.74) is 0.821. The maximum atomic E-state index is 12.8. The summed E-state index contributed by atoms with van der Waals surface area (Å²) in [5.74, 6) is 0.0770. The number of anilines is 1. The van der Waals surface area contributed by atoms with Gasteiger partial charge in [-0.1, -0.05) is 31.4 Å². The van der Waals surface area contributed by atoms with E-state index in [-0.39, 0.29) is 29.7 Å². The summed E-state index contributed by atoms with van der Waals surface area (Å²) in [5, 5.41) is 6.24. The predicted molar refractivity (Wildman–Crippen MR) is 109 cm³/mol. The Morgan fingerprint density at radius 3 is 2.43 bits per heavy atom. The van der Waals surface area contributed by atoms with Gasteiger partial charge in [-0.05, 0) is 43.9 Å². The largest absolute Gasteiger partial charge is 0.349 e. The molecule has 1 aromatic rings. The van der Waals surface area contributed by atoms with Crippen LogP contribution in [0.1, 0.15) is 62.2 Å². The molecule has 0 aromatic heterocycles. The van der Waals surface area contributed by atoms with Crippen molar-refractivity contribution in [1.29, 1.82) is 0 Å². The highest BCUT2D eigenvalue weighted by Crippen LogP contribution is 2.28. The maximum Gasteiger partial charge on any atom is 0.253 e. The van der Waals surface area contributed by atoms with E-state index < -0.39 is 0 Å². The topological polar surface area (TPSA) is 78.5 Å². The van der Waals surface area contributed by atoms with Crippen molar-refractivity contribution < 1.29 is 14.4 Å². The maximum absolute atomic E-state index is 12.8. The number of halogens is 1. The van der Waals surface area contributed by atoms with Crippen molar-refractivity contribution >= 4 is 35.0 Å². The molecule has 1 aliphatic heterocycles. The van der Waals surface area contributed by atoms with Crippen LogP contribution >= 0.6 is 11.6 Å². The second kappa shape index (κ2) is 9.41. The monoisotopic (exact) mass is 405 g/mol. The van der Waals surface area contributed by atoms with Crippen LogP contribution in [0.3, 0.4) is 0 Å². The highest BCUT2D eigenvalue weighted by Gasteiger charge is 2.30. The standard InChI is InChI=1S/C21H28ClN3O3/c1-2-19(26)24-18-13-15(22)7-8-17(18)20(27)23-16-9-11-25(12-10-16)21(28)14-5-3-4-6-14/h7-8,13-14,16H,2-6,9-12H2,1H3,(H,23,27)(H,24,26). The number of nitrogens with one attached hydrogen (secondary N) is 2. The van der Waals surface area contributed by atoms with Gasteiger partial charge >= 0.3 is 0 Å². The Balaban J connectivity index is 1.57. The van der Waals surface area contributed by atoms with Crippen molar-refractivity contribution in [1.82, 2.24) is 10.2 Å². The van der Waals surface area contributed by atoms with E-state index in [4.69, 9.17) is 11.6 Å². The van der Waals surface area contributed by atoms with E-state index in [0.29, 0.717) is 35.8 Å². The minimum atomic E-state index is -0.233. The van der Waals surface area contributed by atoms with Crippen molar-refractivity contribution in [3.8, 4) is 0 Å². The summed E-state index contributed by atoms with van der Waals surface area (Å²) in [4.78, 5) is 39.0. The highest BCUT2D eigenvalue weighted by molar-refractivity contribution is 6.31. The molecule has 0 spiro atoms. The van der Waals surface area contributed by atoms with E-state index in [1.807, 2.05) is 4.90 Å². The van der Waals surface area contributed by atoms with Gasteiger partial charge in [0.25, 0.3) is 5.91 Å². The third-order valence-corrected chi connectivity index (χ3v) is 5.90. The van der Waals surface area contributed by atoms with Crippen LogP contribution in [0.15, 0.2) is 18.2 Å². The normalized spacial score (nSPS) is 18.1. The Kier molecular flexibility index (Phi) is 6.94. The molecule has 28 heavy (non-hydrogen) atoms. The average Bonchev–Trinajstić information content (AvgIpc) is 3.22. The fourth-order valence-corrected chi connectivity index (χ4v) is 4.17. The molecule has 7 heteroatoms. The van der Waals surface area contributed by atoms with Crippen molar-refractivity contribution in [3.05, 3.63) is 28.8 Å². The lowest BCUT2D eigenvalue weighted by atomic mass is 10.0. The molecule has 1 heterocycles. The average molecular weight is 406 g/mol. The molecule has 0 unspecified atom stereocenters. The fourth-order valence-electron chi connectivity index (χ4n) is 3.99. The molecule has 2 N–H and O–H groups in total. The number of piperidine rings is 1. The van der Waals surface area contributed by atoms with Crippen LogP contribution in [0.4, 0.5) is 5.69 Å². The number of hydrogen-bond acceptors (Lipinski definition) is 3. The number of carbonyl (C=O) groups excluding carboxylic acids is 3. The number of nitrogens with zero attached hydrogens (tertiary/aromatic N) is 1. The summed E-state index contributed by atoms with van der Waals surface area (Å²) in [6.45, 7) is 3.11. The number of amides is 3. The van der Waals surface area contributed by atoms with Crippen molar-refractivity contribution in [2.45, 2.75) is 57.9 Å². The lowest BCUT2D eigenvalue weighted by Crippen LogP contribution is -2.47. The highest BCUT2D eigenvalue weighted by atomic mass is 35.5. The molecule has 2 aliphatic rings. The first-order chi connectivity index (χ1) is 13.5. The van der Waals surface area contributed by atoms with Crippen LogP contribution in [0.2, 0.25) is 5.02 Å². The fraction of sp³-hybridized carbons (Fsp3) is 0.571. The van der Waals surface area contributed by atoms with Gasteiger partial charge in [-0.2, -0.15) is 0 Å². The Hall–Kier alpha value is -2.08. The quantitative estimate of drug-likeness (QED) is 0.785. The van der Waals surface area contributed by atoms with Gasteiger partial charge in [-0.3, -0.25) is 14.4 Å². The summed E-state index contributed by atoms with van der Waals surface area (Å²) < 4.78 is 0. The number of benzene rings is 1. The zero-order chi connectivity index (χ0) is 20.1. The van der Waals surface area contributed by atoms with E-state index in [9.17, 15) is 14.4 Å². The SMILES string of the molecule is CCC(=O)Nc1cc(Cl)ccc1C(=O)NC1CCN(C(=O)C2CCCC2)CC1. The van der Waals surface area contributed by atoms with Gasteiger partial charge in [0.2, 0.25) is 11.8 Å². The molecule has 1 aromatic carbocycles. The molecule has 0 bridgehead atoms. The minimum Gasteiger partial charge on any atom is -0.349 e. The second-order valence-corrected chi connectivity index (χ2v) is 8.08. The Morgan fingerprint density at radius 2 is 1.79 bits per heavy atom. The molecule has 3 amide bonds. The van der Waals surface area contributed by atoms with Gasteiger partial charge in [0.15, 0.2) is 0 Å². The molecule has 0 radical (unpaired) electrons. The lowest BCUT2D eigenvalue weighted by Gasteiger charge is -2.34. The van der Waals surface area contributed by atoms with E-state index in [1.165, 1.54) is 0 Å². The molecular formula is C21H28ClN3O3. The van der Waals surface area contributed by atoms with E-state index in [2.05, 4.69) is 10.6 Å². The number of hydrogen-bond donors (Lipinski definition) is 2. The summed E-state index contributed by atoms with van der Waals surface area (Å²) in [6, 6.07) is 4.88. The molecule has 1 saturated heterocycles. The molecule has 152 valence electrons. The third-order valence-electron chi connectivity index (χ3n) is 5.67. The van der Waals surface area contributed by atoms with E-state index in [1.54, 1.807) is 25.1 Å². The first-order valence-corrected chi connectivity index (χ1v) is 10.5. The van der Waals surface area contributed by atoms with Gasteiger partial charge < -0.3 is 15.5 Å². The van der Waals surface area contributed by atoms with Gasteiger partial charge in [0, 0.05) is 36.5 Å². The van der Waals surface area contributed by atoms with Crippen LogP contribution < -0.4 is 10.6 Å². The first kappa shape index (κ1) is 20.6. The van der Waals surface area contributed by atoms with Crippen LogP contribution in [0, 0.1) is 5.92 Å². The van der Waals surface area contributed by atoms with Crippen molar-refractivity contribution in [3.63, 3.8) is 0 Å². The number of carbonyl (C=O) groups is 3. The molecule has 2 fully saturated rings. The van der Waals surface area contributed by atoms with Crippen LogP contribution in [0.5, 0.6) is 0 Å².